The van der Waals surface area contributed by atoms with Crippen LogP contribution in [0.25, 0.3) is 0 Å². The van der Waals surface area contributed by atoms with Crippen molar-refractivity contribution in [3.8, 4) is 0 Å². The highest BCUT2D eigenvalue weighted by atomic mass is 16.5. The molecule has 1 aliphatic carbocycles. The van der Waals surface area contributed by atoms with Crippen LogP contribution in [-0.4, -0.2) is 66.1 Å². The Hall–Kier alpha value is -1.50. The van der Waals surface area contributed by atoms with Gasteiger partial charge in [0.15, 0.2) is 0 Å². The largest absolute Gasteiger partial charge is 0.372 e. The van der Waals surface area contributed by atoms with E-state index in [1.165, 1.54) is 25.7 Å². The van der Waals surface area contributed by atoms with Crippen LogP contribution < -0.4 is 5.32 Å². The summed E-state index contributed by atoms with van der Waals surface area (Å²) in [7, 11) is 2.14. The lowest BCUT2D eigenvalue weighted by molar-refractivity contribution is -0.126. The molecule has 2 fully saturated rings. The maximum atomic E-state index is 11.5. The second kappa shape index (κ2) is 10.2. The van der Waals surface area contributed by atoms with Gasteiger partial charge in [-0.2, -0.15) is 0 Å². The van der Waals surface area contributed by atoms with Crippen molar-refractivity contribution in [2.24, 2.45) is 11.8 Å². The number of aldehydes is 1. The van der Waals surface area contributed by atoms with Crippen LogP contribution in [0.2, 0.25) is 0 Å². The van der Waals surface area contributed by atoms with E-state index in [9.17, 15) is 4.79 Å². The lowest BCUT2D eigenvalue weighted by Gasteiger charge is -2.46. The number of carbonyl (C=O) groups is 1. The zero-order valence-corrected chi connectivity index (χ0v) is 16.5. The summed E-state index contributed by atoms with van der Waals surface area (Å²) in [6, 6.07) is -0.208. The Morgan fingerprint density at radius 3 is 3.07 bits per heavy atom. The van der Waals surface area contributed by atoms with E-state index in [2.05, 4.69) is 33.8 Å². The number of H-pyrrole nitrogens is 1. The molecule has 1 aromatic heterocycles. The molecule has 0 bridgehead atoms. The molecule has 2 heterocycles. The van der Waals surface area contributed by atoms with Crippen LogP contribution >= 0.6 is 0 Å². The minimum atomic E-state index is -0.208. The molecule has 0 amide bonds. The van der Waals surface area contributed by atoms with E-state index in [1.807, 2.05) is 6.08 Å². The number of imidazole rings is 1. The van der Waals surface area contributed by atoms with Gasteiger partial charge in [0.05, 0.1) is 24.6 Å². The Labute approximate surface area is 162 Å². The summed E-state index contributed by atoms with van der Waals surface area (Å²) in [5.41, 5.74) is 0.973. The summed E-state index contributed by atoms with van der Waals surface area (Å²) in [4.78, 5) is 20.8. The third-order valence-corrected chi connectivity index (χ3v) is 6.08. The van der Waals surface area contributed by atoms with Gasteiger partial charge in [-0.1, -0.05) is 18.9 Å². The van der Waals surface area contributed by atoms with Crippen molar-refractivity contribution in [3.63, 3.8) is 0 Å². The van der Waals surface area contributed by atoms with Gasteiger partial charge in [-0.25, -0.2) is 4.98 Å². The maximum Gasteiger partial charge on any atom is 0.137 e. The predicted molar refractivity (Wildman–Crippen MR) is 107 cm³/mol. The van der Waals surface area contributed by atoms with Gasteiger partial charge in [-0.05, 0) is 38.1 Å². The quantitative estimate of drug-likeness (QED) is 0.485. The fraction of sp³-hybridized carbons (Fsp3) is 0.714. The zero-order valence-electron chi connectivity index (χ0n) is 16.5. The van der Waals surface area contributed by atoms with Crippen molar-refractivity contribution in [1.29, 1.82) is 0 Å². The van der Waals surface area contributed by atoms with Gasteiger partial charge in [0, 0.05) is 37.9 Å². The molecule has 0 aromatic carbocycles. The molecule has 0 spiro atoms. The van der Waals surface area contributed by atoms with Gasteiger partial charge in [0.2, 0.25) is 0 Å². The van der Waals surface area contributed by atoms with Crippen LogP contribution in [0.15, 0.2) is 25.2 Å². The summed E-state index contributed by atoms with van der Waals surface area (Å²) in [5.74, 6) is 1.43. The van der Waals surface area contributed by atoms with Crippen molar-refractivity contribution in [2.45, 2.75) is 56.8 Å². The Balaban J connectivity index is 1.55. The Bertz CT molecular complexity index is 577. The maximum absolute atomic E-state index is 11.5. The third kappa shape index (κ3) is 5.74. The monoisotopic (exact) mass is 374 g/mol. The number of likely N-dealkylation sites (N-methyl/N-ethyl adjacent to an activating group) is 1. The number of fused-ring (bicyclic) bond motifs is 1. The van der Waals surface area contributed by atoms with Gasteiger partial charge in [0.25, 0.3) is 0 Å². The van der Waals surface area contributed by atoms with Crippen LogP contribution in [0.4, 0.5) is 0 Å². The van der Waals surface area contributed by atoms with Gasteiger partial charge in [-0.3, -0.25) is 0 Å². The van der Waals surface area contributed by atoms with E-state index in [4.69, 9.17) is 4.74 Å². The fourth-order valence-corrected chi connectivity index (χ4v) is 4.76. The summed E-state index contributed by atoms with van der Waals surface area (Å²) < 4.78 is 6.53. The first-order chi connectivity index (χ1) is 13.2. The van der Waals surface area contributed by atoms with Crippen molar-refractivity contribution in [2.75, 3.05) is 26.7 Å². The van der Waals surface area contributed by atoms with E-state index in [0.717, 1.165) is 44.0 Å². The summed E-state index contributed by atoms with van der Waals surface area (Å²) >= 11 is 0. The van der Waals surface area contributed by atoms with Crippen LogP contribution in [0.3, 0.4) is 0 Å². The first-order valence-electron chi connectivity index (χ1n) is 10.3. The number of ether oxygens (including phenoxy) is 1. The van der Waals surface area contributed by atoms with Crippen molar-refractivity contribution in [3.05, 3.63) is 30.9 Å². The highest BCUT2D eigenvalue weighted by Gasteiger charge is 2.39. The van der Waals surface area contributed by atoms with Crippen molar-refractivity contribution >= 4 is 6.29 Å². The molecule has 5 atom stereocenters. The Morgan fingerprint density at radius 1 is 1.48 bits per heavy atom. The Kier molecular flexibility index (Phi) is 7.61. The minimum Gasteiger partial charge on any atom is -0.372 e. The van der Waals surface area contributed by atoms with E-state index < -0.39 is 0 Å². The molecule has 3 rings (SSSR count). The molecular formula is C21H34N4O2. The minimum absolute atomic E-state index is 0.177. The lowest BCUT2D eigenvalue weighted by Crippen LogP contribution is -2.51. The fourth-order valence-electron chi connectivity index (χ4n) is 4.76. The number of hydrogen-bond acceptors (Lipinski definition) is 5. The SMILES string of the molecule is C=CCN(C)C[C@H]1OC(CN[C@H](C=O)Cc2cnc[nH]2)C[C@H]2CCCC[C@@H]21. The number of carbonyl (C=O) groups excluding carboxylic acids is 1. The van der Waals surface area contributed by atoms with Gasteiger partial charge < -0.3 is 24.7 Å². The molecule has 6 heteroatoms. The first-order valence-corrected chi connectivity index (χ1v) is 10.3. The lowest BCUT2D eigenvalue weighted by atomic mass is 9.72. The molecule has 6 nitrogen and oxygen atoms in total. The molecule has 2 aliphatic rings. The normalized spacial score (nSPS) is 29.3. The van der Waals surface area contributed by atoms with Gasteiger partial charge in [-0.15, -0.1) is 6.58 Å². The average molecular weight is 375 g/mol. The van der Waals surface area contributed by atoms with E-state index in [1.54, 1.807) is 12.5 Å². The van der Waals surface area contributed by atoms with Crippen molar-refractivity contribution in [1.82, 2.24) is 20.2 Å². The number of hydrogen-bond donors (Lipinski definition) is 2. The summed E-state index contributed by atoms with van der Waals surface area (Å²) in [6.07, 6.45) is 13.8. The number of aromatic nitrogens is 2. The molecule has 1 aliphatic heterocycles. The standard InChI is InChI=1S/C21H34N4O2/c1-3-8-25(2)13-21-20-7-5-4-6-16(20)9-19(27-21)12-23-18(14-26)10-17-11-22-15-24-17/h3,11,14-16,18-21,23H,1,4-10,12-13H2,2H3,(H,22,24)/t16-,18+,19?,20+,21-/m1/s1. The highest BCUT2D eigenvalue weighted by Crippen LogP contribution is 2.41. The Morgan fingerprint density at radius 2 is 2.33 bits per heavy atom. The molecule has 27 heavy (non-hydrogen) atoms. The van der Waals surface area contributed by atoms with Crippen LogP contribution in [0, 0.1) is 11.8 Å². The average Bonchev–Trinajstić information content (AvgIpc) is 3.18. The second-order valence-electron chi connectivity index (χ2n) is 8.18. The van der Waals surface area contributed by atoms with E-state index >= 15 is 0 Å². The number of aromatic amines is 1. The molecular weight excluding hydrogens is 340 g/mol. The number of nitrogens with one attached hydrogen (secondary N) is 2. The van der Waals surface area contributed by atoms with E-state index in [-0.39, 0.29) is 18.2 Å². The van der Waals surface area contributed by atoms with E-state index in [0.29, 0.717) is 12.3 Å². The molecule has 1 saturated heterocycles. The molecule has 0 radical (unpaired) electrons. The van der Waals surface area contributed by atoms with Crippen LogP contribution in [-0.2, 0) is 16.0 Å². The molecule has 1 unspecified atom stereocenters. The zero-order chi connectivity index (χ0) is 19.1. The first kappa shape index (κ1) is 20.2. The predicted octanol–water partition coefficient (Wildman–Crippen LogP) is 2.19. The van der Waals surface area contributed by atoms with Gasteiger partial charge in [0.1, 0.15) is 6.29 Å². The molecule has 2 N–H and O–H groups in total. The van der Waals surface area contributed by atoms with Crippen LogP contribution in [0.1, 0.15) is 37.8 Å². The van der Waals surface area contributed by atoms with Crippen molar-refractivity contribution < 1.29 is 9.53 Å². The summed E-state index contributed by atoms with van der Waals surface area (Å²) in [6.45, 7) is 6.41. The number of rotatable bonds is 10. The van der Waals surface area contributed by atoms with Gasteiger partial charge >= 0.3 is 0 Å². The second-order valence-corrected chi connectivity index (χ2v) is 8.18. The molecule has 1 saturated carbocycles. The topological polar surface area (TPSA) is 70.2 Å². The molecule has 1 aromatic rings. The summed E-state index contributed by atoms with van der Waals surface area (Å²) in [5, 5.41) is 3.40. The third-order valence-electron chi connectivity index (χ3n) is 6.08. The highest BCUT2D eigenvalue weighted by molar-refractivity contribution is 5.58. The van der Waals surface area contributed by atoms with Crippen LogP contribution in [0.5, 0.6) is 0 Å². The molecule has 150 valence electrons. The smallest absolute Gasteiger partial charge is 0.137 e. The number of nitrogens with zero attached hydrogens (tertiary/aromatic N) is 2.